The van der Waals surface area contributed by atoms with E-state index in [-0.39, 0.29) is 36.2 Å². The van der Waals surface area contributed by atoms with E-state index in [0.29, 0.717) is 12.5 Å². The van der Waals surface area contributed by atoms with Crippen molar-refractivity contribution in [1.82, 2.24) is 10.2 Å². The number of likely N-dealkylation sites (tertiary alicyclic amines) is 1. The van der Waals surface area contributed by atoms with Gasteiger partial charge < -0.3 is 16.0 Å². The van der Waals surface area contributed by atoms with Gasteiger partial charge in [-0.05, 0) is 45.6 Å². The van der Waals surface area contributed by atoms with Crippen molar-refractivity contribution in [2.75, 3.05) is 13.1 Å². The summed E-state index contributed by atoms with van der Waals surface area (Å²) < 4.78 is 0. The molecule has 3 N–H and O–H groups in total. The Hall–Kier alpha value is -0.810. The minimum absolute atomic E-state index is 0. The molecule has 0 aromatic carbocycles. The average molecular weight is 318 g/mol. The molecule has 2 aliphatic rings. The van der Waals surface area contributed by atoms with Crippen LogP contribution in [0.5, 0.6) is 0 Å². The van der Waals surface area contributed by atoms with Gasteiger partial charge in [-0.15, -0.1) is 12.4 Å². The number of carbonyl (C=O) groups is 2. The summed E-state index contributed by atoms with van der Waals surface area (Å²) in [6.07, 6.45) is 5.14. The molecule has 1 aliphatic heterocycles. The maximum absolute atomic E-state index is 12.4. The molecule has 1 aliphatic carbocycles. The first kappa shape index (κ1) is 18.2. The zero-order valence-corrected chi connectivity index (χ0v) is 13.8. The van der Waals surface area contributed by atoms with E-state index in [1.807, 2.05) is 4.90 Å². The lowest BCUT2D eigenvalue weighted by Gasteiger charge is -2.26. The van der Waals surface area contributed by atoms with Gasteiger partial charge in [-0.3, -0.25) is 9.59 Å². The lowest BCUT2D eigenvalue weighted by molar-refractivity contribution is -0.137. The Kier molecular flexibility index (Phi) is 6.94. The molecule has 0 aromatic rings. The van der Waals surface area contributed by atoms with E-state index in [0.717, 1.165) is 38.6 Å². The Morgan fingerprint density at radius 3 is 2.48 bits per heavy atom. The highest BCUT2D eigenvalue weighted by Gasteiger charge is 2.34. The van der Waals surface area contributed by atoms with Gasteiger partial charge in [0.25, 0.3) is 0 Å². The van der Waals surface area contributed by atoms with Crippen LogP contribution >= 0.6 is 12.4 Å². The number of halogens is 1. The molecule has 21 heavy (non-hydrogen) atoms. The highest BCUT2D eigenvalue weighted by molar-refractivity contribution is 5.88. The van der Waals surface area contributed by atoms with E-state index in [1.165, 1.54) is 0 Å². The molecular weight excluding hydrogens is 290 g/mol. The van der Waals surface area contributed by atoms with Crippen molar-refractivity contribution >= 4 is 24.2 Å². The number of carbonyl (C=O) groups excluding carboxylic acids is 2. The van der Waals surface area contributed by atoms with Gasteiger partial charge in [0.1, 0.15) is 6.04 Å². The summed E-state index contributed by atoms with van der Waals surface area (Å²) in [4.78, 5) is 26.4. The number of hydrogen-bond acceptors (Lipinski definition) is 3. The maximum atomic E-state index is 12.4. The fourth-order valence-corrected chi connectivity index (χ4v) is 3.45. The van der Waals surface area contributed by atoms with Crippen molar-refractivity contribution in [2.45, 2.75) is 58.0 Å². The first-order valence-electron chi connectivity index (χ1n) is 7.83. The van der Waals surface area contributed by atoms with Gasteiger partial charge >= 0.3 is 0 Å². The molecule has 0 radical (unpaired) electrons. The Bertz CT molecular complexity index is 372. The number of rotatable bonds is 4. The molecule has 0 bridgehead atoms. The second-order valence-corrected chi connectivity index (χ2v) is 6.39. The highest BCUT2D eigenvalue weighted by Crippen LogP contribution is 2.25. The van der Waals surface area contributed by atoms with Gasteiger partial charge in [-0.2, -0.15) is 0 Å². The van der Waals surface area contributed by atoms with Gasteiger partial charge in [0, 0.05) is 18.5 Å². The second kappa shape index (κ2) is 7.99. The largest absolute Gasteiger partial charge is 0.344 e. The molecule has 1 heterocycles. The SMILES string of the molecule is CC(NC(=O)C1CCCC1)C(=O)N1CC(CN)CC1C.Cl. The van der Waals surface area contributed by atoms with E-state index in [2.05, 4.69) is 12.2 Å². The fraction of sp³-hybridized carbons (Fsp3) is 0.867. The second-order valence-electron chi connectivity index (χ2n) is 6.39. The standard InChI is InChI=1S/C15H27N3O2.ClH/c1-10-7-12(8-16)9-18(10)15(20)11(2)17-14(19)13-5-3-4-6-13;/h10-13H,3-9,16H2,1-2H3,(H,17,19);1H. The molecule has 5 nitrogen and oxygen atoms in total. The first-order valence-corrected chi connectivity index (χ1v) is 7.83. The quantitative estimate of drug-likeness (QED) is 0.820. The minimum atomic E-state index is -0.429. The molecule has 2 amide bonds. The summed E-state index contributed by atoms with van der Waals surface area (Å²) in [5.74, 6) is 0.579. The predicted octanol–water partition coefficient (Wildman–Crippen LogP) is 1.30. The zero-order valence-electron chi connectivity index (χ0n) is 13.0. The van der Waals surface area contributed by atoms with E-state index in [9.17, 15) is 9.59 Å². The maximum Gasteiger partial charge on any atom is 0.245 e. The van der Waals surface area contributed by atoms with Gasteiger partial charge in [-0.1, -0.05) is 12.8 Å². The van der Waals surface area contributed by atoms with Crippen LogP contribution < -0.4 is 11.1 Å². The Morgan fingerprint density at radius 2 is 1.95 bits per heavy atom. The van der Waals surface area contributed by atoms with Crippen molar-refractivity contribution < 1.29 is 9.59 Å². The lowest BCUT2D eigenvalue weighted by atomic mass is 10.1. The van der Waals surface area contributed by atoms with E-state index in [4.69, 9.17) is 5.73 Å². The Labute approximate surface area is 133 Å². The molecule has 3 unspecified atom stereocenters. The van der Waals surface area contributed by atoms with Crippen LogP contribution in [-0.2, 0) is 9.59 Å². The smallest absolute Gasteiger partial charge is 0.245 e. The molecule has 0 spiro atoms. The summed E-state index contributed by atoms with van der Waals surface area (Å²) in [6.45, 7) is 5.19. The van der Waals surface area contributed by atoms with Crippen LogP contribution in [0.2, 0.25) is 0 Å². The van der Waals surface area contributed by atoms with Crippen LogP contribution in [0.1, 0.15) is 46.0 Å². The van der Waals surface area contributed by atoms with Crippen molar-refractivity contribution in [3.8, 4) is 0 Å². The topological polar surface area (TPSA) is 75.4 Å². The number of nitrogens with two attached hydrogens (primary N) is 1. The summed E-state index contributed by atoms with van der Waals surface area (Å²) in [7, 11) is 0. The third-order valence-corrected chi connectivity index (χ3v) is 4.73. The fourth-order valence-electron chi connectivity index (χ4n) is 3.45. The van der Waals surface area contributed by atoms with Crippen molar-refractivity contribution in [3.63, 3.8) is 0 Å². The van der Waals surface area contributed by atoms with Gasteiger partial charge in [0.2, 0.25) is 11.8 Å². The Morgan fingerprint density at radius 1 is 1.33 bits per heavy atom. The molecular formula is C15H28ClN3O2. The van der Waals surface area contributed by atoms with E-state index in [1.54, 1.807) is 6.92 Å². The normalized spacial score (nSPS) is 27.3. The van der Waals surface area contributed by atoms with E-state index < -0.39 is 6.04 Å². The zero-order chi connectivity index (χ0) is 14.7. The summed E-state index contributed by atoms with van der Waals surface area (Å²) in [6, 6.07) is -0.205. The van der Waals surface area contributed by atoms with Crippen molar-refractivity contribution in [3.05, 3.63) is 0 Å². The summed E-state index contributed by atoms with van der Waals surface area (Å²) >= 11 is 0. The lowest BCUT2D eigenvalue weighted by Crippen LogP contribution is -2.49. The number of nitrogens with one attached hydrogen (secondary N) is 1. The van der Waals surface area contributed by atoms with Crippen LogP contribution in [0, 0.1) is 11.8 Å². The van der Waals surface area contributed by atoms with Crippen LogP contribution in [0.3, 0.4) is 0 Å². The molecule has 122 valence electrons. The Balaban J connectivity index is 0.00000220. The monoisotopic (exact) mass is 317 g/mol. The van der Waals surface area contributed by atoms with Crippen LogP contribution in [0.25, 0.3) is 0 Å². The molecule has 0 aromatic heterocycles. The summed E-state index contributed by atoms with van der Waals surface area (Å²) in [5.41, 5.74) is 5.69. The molecule has 1 saturated heterocycles. The molecule has 3 atom stereocenters. The molecule has 6 heteroatoms. The first-order chi connectivity index (χ1) is 9.52. The number of amides is 2. The third kappa shape index (κ3) is 4.33. The molecule has 2 fully saturated rings. The predicted molar refractivity (Wildman–Crippen MR) is 85.1 cm³/mol. The molecule has 2 rings (SSSR count). The van der Waals surface area contributed by atoms with Crippen molar-refractivity contribution in [2.24, 2.45) is 17.6 Å². The van der Waals surface area contributed by atoms with Gasteiger partial charge in [0.15, 0.2) is 0 Å². The van der Waals surface area contributed by atoms with E-state index >= 15 is 0 Å². The van der Waals surface area contributed by atoms with Crippen molar-refractivity contribution in [1.29, 1.82) is 0 Å². The average Bonchev–Trinajstić information content (AvgIpc) is 3.06. The number of hydrogen-bond donors (Lipinski definition) is 2. The van der Waals surface area contributed by atoms with Gasteiger partial charge in [-0.25, -0.2) is 0 Å². The number of nitrogens with zero attached hydrogens (tertiary/aromatic N) is 1. The highest BCUT2D eigenvalue weighted by atomic mass is 35.5. The van der Waals surface area contributed by atoms with Crippen LogP contribution in [-0.4, -0.2) is 41.9 Å². The third-order valence-electron chi connectivity index (χ3n) is 4.73. The van der Waals surface area contributed by atoms with Gasteiger partial charge in [0.05, 0.1) is 0 Å². The van der Waals surface area contributed by atoms with Crippen LogP contribution in [0.4, 0.5) is 0 Å². The molecule has 1 saturated carbocycles. The minimum Gasteiger partial charge on any atom is -0.344 e. The van der Waals surface area contributed by atoms with Crippen LogP contribution in [0.15, 0.2) is 0 Å². The summed E-state index contributed by atoms with van der Waals surface area (Å²) in [5, 5.41) is 2.89.